The Balaban J connectivity index is 2.03. The molecule has 0 radical (unpaired) electrons. The highest BCUT2D eigenvalue weighted by molar-refractivity contribution is 7.85. The fourth-order valence-corrected chi connectivity index (χ4v) is 3.69. The van der Waals surface area contributed by atoms with Gasteiger partial charge in [-0.05, 0) is 40.8 Å². The van der Waals surface area contributed by atoms with Gasteiger partial charge in [0.15, 0.2) is 6.61 Å². The van der Waals surface area contributed by atoms with Gasteiger partial charge in [-0.15, -0.1) is 0 Å². The van der Waals surface area contributed by atoms with Crippen molar-refractivity contribution in [3.8, 4) is 11.5 Å². The van der Waals surface area contributed by atoms with Crippen LogP contribution in [-0.4, -0.2) is 42.9 Å². The fourth-order valence-electron chi connectivity index (χ4n) is 2.73. The third-order valence-electron chi connectivity index (χ3n) is 4.26. The molecule has 0 aliphatic carbocycles. The van der Waals surface area contributed by atoms with Crippen LogP contribution >= 0.6 is 23.2 Å². The van der Waals surface area contributed by atoms with Crippen molar-refractivity contribution in [2.24, 2.45) is 0 Å². The van der Waals surface area contributed by atoms with Crippen LogP contribution in [0.5, 0.6) is 11.5 Å². The maximum atomic E-state index is 11.7. The number of phenols is 1. The number of nitrogens with one attached hydrogen (secondary N) is 1. The van der Waals surface area contributed by atoms with E-state index in [2.05, 4.69) is 5.32 Å². The molecule has 0 fully saturated rings. The number of benzene rings is 2. The molecule has 0 saturated heterocycles. The van der Waals surface area contributed by atoms with Crippen molar-refractivity contribution in [1.82, 2.24) is 5.32 Å². The highest BCUT2D eigenvalue weighted by Crippen LogP contribution is 2.33. The van der Waals surface area contributed by atoms with Gasteiger partial charge in [-0.3, -0.25) is 9.35 Å². The lowest BCUT2D eigenvalue weighted by atomic mass is 9.96. The summed E-state index contributed by atoms with van der Waals surface area (Å²) in [5.74, 6) is -0.451. The molecule has 0 aliphatic heterocycles. The Bertz CT molecular complexity index is 1000. The van der Waals surface area contributed by atoms with Crippen LogP contribution in [0.1, 0.15) is 36.5 Å². The van der Waals surface area contributed by atoms with E-state index in [1.807, 2.05) is 19.9 Å². The molecule has 2 rings (SSSR count). The van der Waals surface area contributed by atoms with Crippen LogP contribution in [0.4, 0.5) is 0 Å². The number of phenolic OH excluding ortho intramolecular Hbond substituents is 1. The van der Waals surface area contributed by atoms with Crippen molar-refractivity contribution in [3.63, 3.8) is 0 Å². The van der Waals surface area contributed by atoms with Crippen LogP contribution in [0.2, 0.25) is 10.0 Å². The number of aromatic hydroxyl groups is 1. The van der Waals surface area contributed by atoms with Crippen molar-refractivity contribution >= 4 is 39.2 Å². The van der Waals surface area contributed by atoms with Crippen LogP contribution in [-0.2, 0) is 21.3 Å². The second-order valence-electron chi connectivity index (χ2n) is 7.01. The Morgan fingerprint density at radius 1 is 1.17 bits per heavy atom. The summed E-state index contributed by atoms with van der Waals surface area (Å²) in [6.45, 7) is 3.38. The van der Waals surface area contributed by atoms with Gasteiger partial charge >= 0.3 is 0 Å². The highest BCUT2D eigenvalue weighted by atomic mass is 35.5. The predicted molar refractivity (Wildman–Crippen MR) is 116 cm³/mol. The van der Waals surface area contributed by atoms with Crippen LogP contribution in [0.25, 0.3) is 0 Å². The standard InChI is InChI=1S/C20H23Cl2NO6S/c1-12(2)15-7-13(3-4-19(15)24)8-16-17(21)9-14(10-18(16)22)29-11-20(25)23-5-6-30(26,27)28/h3-4,7,9-10,12,24H,5-6,8,11H2,1-2H3,(H,23,25)(H,26,27,28). The van der Waals surface area contributed by atoms with E-state index in [4.69, 9.17) is 32.5 Å². The van der Waals surface area contributed by atoms with Crippen molar-refractivity contribution in [2.75, 3.05) is 18.9 Å². The Labute approximate surface area is 185 Å². The first-order valence-electron chi connectivity index (χ1n) is 9.10. The summed E-state index contributed by atoms with van der Waals surface area (Å²) in [5, 5.41) is 13.0. The number of rotatable bonds is 9. The van der Waals surface area contributed by atoms with Gasteiger partial charge in [-0.2, -0.15) is 8.42 Å². The fraction of sp³-hybridized carbons (Fsp3) is 0.350. The lowest BCUT2D eigenvalue weighted by molar-refractivity contribution is -0.122. The van der Waals surface area contributed by atoms with E-state index in [0.29, 0.717) is 22.0 Å². The average Bonchev–Trinajstić information content (AvgIpc) is 2.63. The molecule has 0 saturated carbocycles. The minimum absolute atomic E-state index is 0.162. The molecule has 2 aromatic rings. The zero-order valence-corrected chi connectivity index (χ0v) is 18.8. The maximum Gasteiger partial charge on any atom is 0.266 e. The van der Waals surface area contributed by atoms with Crippen LogP contribution < -0.4 is 10.1 Å². The molecule has 3 N–H and O–H groups in total. The van der Waals surface area contributed by atoms with Gasteiger partial charge in [0.2, 0.25) is 0 Å². The van der Waals surface area contributed by atoms with E-state index in [1.165, 1.54) is 12.1 Å². The van der Waals surface area contributed by atoms with Gasteiger partial charge in [-0.1, -0.05) is 49.2 Å². The second-order valence-corrected chi connectivity index (χ2v) is 9.40. The molecule has 10 heteroatoms. The maximum absolute atomic E-state index is 11.7. The third-order valence-corrected chi connectivity index (χ3v) is 5.66. The monoisotopic (exact) mass is 475 g/mol. The van der Waals surface area contributed by atoms with Crippen LogP contribution in [0.3, 0.4) is 0 Å². The van der Waals surface area contributed by atoms with E-state index in [0.717, 1.165) is 11.1 Å². The van der Waals surface area contributed by atoms with Crippen LogP contribution in [0, 0.1) is 0 Å². The topological polar surface area (TPSA) is 113 Å². The molecule has 2 aromatic carbocycles. The lowest BCUT2D eigenvalue weighted by Crippen LogP contribution is -2.32. The SMILES string of the molecule is CC(C)c1cc(Cc2c(Cl)cc(OCC(=O)NCCS(=O)(=O)O)cc2Cl)ccc1O. The van der Waals surface area contributed by atoms with E-state index >= 15 is 0 Å². The largest absolute Gasteiger partial charge is 0.508 e. The molecule has 164 valence electrons. The van der Waals surface area contributed by atoms with Crippen molar-refractivity contribution in [2.45, 2.75) is 26.2 Å². The first-order chi connectivity index (χ1) is 14.0. The van der Waals surface area contributed by atoms with Crippen molar-refractivity contribution < 1.29 is 27.6 Å². The van der Waals surface area contributed by atoms with Gasteiger partial charge in [0, 0.05) is 23.0 Å². The Morgan fingerprint density at radius 2 is 1.80 bits per heavy atom. The summed E-state index contributed by atoms with van der Waals surface area (Å²) in [4.78, 5) is 11.7. The molecule has 0 bridgehead atoms. The summed E-state index contributed by atoms with van der Waals surface area (Å²) >= 11 is 12.7. The van der Waals surface area contributed by atoms with E-state index in [1.54, 1.807) is 12.1 Å². The number of amides is 1. The number of hydrogen-bond donors (Lipinski definition) is 3. The second kappa shape index (κ2) is 10.3. The van der Waals surface area contributed by atoms with Gasteiger partial charge < -0.3 is 15.2 Å². The Morgan fingerprint density at radius 3 is 2.37 bits per heavy atom. The number of ether oxygens (including phenoxy) is 1. The minimum Gasteiger partial charge on any atom is -0.508 e. The van der Waals surface area contributed by atoms with Gasteiger partial charge in [0.05, 0.1) is 5.75 Å². The molecule has 30 heavy (non-hydrogen) atoms. The first-order valence-corrected chi connectivity index (χ1v) is 11.5. The average molecular weight is 476 g/mol. The molecule has 0 spiro atoms. The van der Waals surface area contributed by atoms with Crippen molar-refractivity contribution in [1.29, 1.82) is 0 Å². The molecule has 1 amide bonds. The summed E-state index contributed by atoms with van der Waals surface area (Å²) in [6, 6.07) is 8.43. The highest BCUT2D eigenvalue weighted by Gasteiger charge is 2.14. The van der Waals surface area contributed by atoms with E-state index in [-0.39, 0.29) is 30.6 Å². The molecule has 0 aliphatic rings. The smallest absolute Gasteiger partial charge is 0.266 e. The van der Waals surface area contributed by atoms with Crippen LogP contribution in [0.15, 0.2) is 30.3 Å². The van der Waals surface area contributed by atoms with E-state index in [9.17, 15) is 18.3 Å². The summed E-state index contributed by atoms with van der Waals surface area (Å²) < 4.78 is 35.3. The molecule has 0 heterocycles. The number of hydrogen-bond acceptors (Lipinski definition) is 5. The Kier molecular flexibility index (Phi) is 8.37. The molecule has 0 unspecified atom stereocenters. The summed E-state index contributed by atoms with van der Waals surface area (Å²) in [6.07, 6.45) is 0.452. The van der Waals surface area contributed by atoms with Gasteiger partial charge in [0.1, 0.15) is 11.5 Å². The van der Waals surface area contributed by atoms with Crippen molar-refractivity contribution in [3.05, 3.63) is 57.1 Å². The molecule has 0 atom stereocenters. The lowest BCUT2D eigenvalue weighted by Gasteiger charge is -2.14. The quantitative estimate of drug-likeness (QED) is 0.475. The number of carbonyl (C=O) groups is 1. The summed E-state index contributed by atoms with van der Waals surface area (Å²) in [7, 11) is -4.14. The molecule has 7 nitrogen and oxygen atoms in total. The molecule has 0 aromatic heterocycles. The first kappa shape index (κ1) is 24.3. The van der Waals surface area contributed by atoms with E-state index < -0.39 is 21.8 Å². The van der Waals surface area contributed by atoms with Gasteiger partial charge in [-0.25, -0.2) is 0 Å². The number of halogens is 2. The minimum atomic E-state index is -4.14. The Hall–Kier alpha value is -2.00. The summed E-state index contributed by atoms with van der Waals surface area (Å²) in [5.41, 5.74) is 2.45. The molecular formula is C20H23Cl2NO6S. The zero-order chi connectivity index (χ0) is 22.5. The predicted octanol–water partition coefficient (Wildman–Crippen LogP) is 3.80. The molecular weight excluding hydrogens is 453 g/mol. The van der Waals surface area contributed by atoms with Gasteiger partial charge in [0.25, 0.3) is 16.0 Å². The zero-order valence-electron chi connectivity index (χ0n) is 16.5. The third kappa shape index (κ3) is 7.36. The normalized spacial score (nSPS) is 11.5. The number of carbonyl (C=O) groups excluding carboxylic acids is 1.